The molecule has 0 radical (unpaired) electrons. The topological polar surface area (TPSA) is 20.3 Å². The molecule has 1 aliphatic rings. The third-order valence-electron chi connectivity index (χ3n) is 4.60. The summed E-state index contributed by atoms with van der Waals surface area (Å²) in [6, 6.07) is 18.4. The van der Waals surface area contributed by atoms with E-state index in [1.54, 1.807) is 0 Å². The van der Waals surface area contributed by atoms with Crippen molar-refractivity contribution in [1.82, 2.24) is 4.90 Å². The van der Waals surface area contributed by atoms with Crippen LogP contribution in [0.3, 0.4) is 0 Å². The van der Waals surface area contributed by atoms with Gasteiger partial charge in [-0.05, 0) is 37.1 Å². The van der Waals surface area contributed by atoms with Crippen LogP contribution in [0.2, 0.25) is 0 Å². The van der Waals surface area contributed by atoms with E-state index >= 15 is 0 Å². The molecule has 1 aliphatic heterocycles. The number of likely N-dealkylation sites (tertiary alicyclic amines) is 1. The summed E-state index contributed by atoms with van der Waals surface area (Å²) < 4.78 is 0. The van der Waals surface area contributed by atoms with Crippen LogP contribution < -0.4 is 0 Å². The Morgan fingerprint density at radius 2 is 1.73 bits per heavy atom. The summed E-state index contributed by atoms with van der Waals surface area (Å²) in [4.78, 5) is 15.1. The zero-order chi connectivity index (χ0) is 15.4. The highest BCUT2D eigenvalue weighted by Gasteiger charge is 2.25. The molecule has 1 fully saturated rings. The van der Waals surface area contributed by atoms with Crippen LogP contribution in [0.5, 0.6) is 0 Å². The molecule has 0 aromatic heterocycles. The van der Waals surface area contributed by atoms with Crippen LogP contribution in [0.25, 0.3) is 11.1 Å². The van der Waals surface area contributed by atoms with E-state index in [0.717, 1.165) is 43.6 Å². The lowest BCUT2D eigenvalue weighted by Gasteiger charge is -2.31. The van der Waals surface area contributed by atoms with Gasteiger partial charge in [-0.1, -0.05) is 61.5 Å². The Morgan fingerprint density at radius 3 is 2.41 bits per heavy atom. The second kappa shape index (κ2) is 6.89. The highest BCUT2D eigenvalue weighted by Crippen LogP contribution is 2.23. The second-order valence-corrected chi connectivity index (χ2v) is 6.04. The number of Topliss-reactive ketones (excluding diaryl/α,β-unsaturated/α-hetero) is 1. The quantitative estimate of drug-likeness (QED) is 0.785. The smallest absolute Gasteiger partial charge is 0.167 e. The molecule has 0 amide bonds. The molecule has 114 valence electrons. The number of rotatable bonds is 4. The van der Waals surface area contributed by atoms with Gasteiger partial charge in [-0.25, -0.2) is 0 Å². The first-order valence-corrected chi connectivity index (χ1v) is 8.20. The van der Waals surface area contributed by atoms with Gasteiger partial charge in [-0.3, -0.25) is 4.79 Å². The number of ketones is 1. The fourth-order valence-electron chi connectivity index (χ4n) is 3.25. The molecule has 2 aromatic carbocycles. The predicted octanol–water partition coefficient (Wildman–Crippen LogP) is 4.27. The Kier molecular flexibility index (Phi) is 4.69. The van der Waals surface area contributed by atoms with Crippen LogP contribution in [0.4, 0.5) is 0 Å². The maximum Gasteiger partial charge on any atom is 0.167 e. The lowest BCUT2D eigenvalue weighted by atomic mass is 9.89. The third-order valence-corrected chi connectivity index (χ3v) is 4.60. The fourth-order valence-corrected chi connectivity index (χ4v) is 3.25. The molecule has 1 heterocycles. The molecular weight excluding hydrogens is 270 g/mol. The van der Waals surface area contributed by atoms with Crippen molar-refractivity contribution in [2.45, 2.75) is 19.8 Å². The molecule has 2 aromatic rings. The van der Waals surface area contributed by atoms with Crippen molar-refractivity contribution in [2.24, 2.45) is 5.92 Å². The highest BCUT2D eigenvalue weighted by molar-refractivity contribution is 5.98. The number of nitrogens with zero attached hydrogens (tertiary/aromatic N) is 1. The minimum absolute atomic E-state index is 0.163. The van der Waals surface area contributed by atoms with Crippen molar-refractivity contribution in [3.8, 4) is 11.1 Å². The van der Waals surface area contributed by atoms with Crippen LogP contribution in [0, 0.1) is 5.92 Å². The molecule has 0 spiro atoms. The molecular formula is C20H23NO. The van der Waals surface area contributed by atoms with Crippen molar-refractivity contribution in [1.29, 1.82) is 0 Å². The predicted molar refractivity (Wildman–Crippen MR) is 91.0 cm³/mol. The molecule has 1 atom stereocenters. The molecule has 1 saturated heterocycles. The number of hydrogen-bond donors (Lipinski definition) is 0. The Bertz CT molecular complexity index is 618. The summed E-state index contributed by atoms with van der Waals surface area (Å²) in [6.07, 6.45) is 2.15. The largest absolute Gasteiger partial charge is 0.303 e. The van der Waals surface area contributed by atoms with E-state index in [4.69, 9.17) is 0 Å². The second-order valence-electron chi connectivity index (χ2n) is 6.04. The van der Waals surface area contributed by atoms with E-state index < -0.39 is 0 Å². The molecule has 0 N–H and O–H groups in total. The van der Waals surface area contributed by atoms with Crippen molar-refractivity contribution in [3.05, 3.63) is 60.2 Å². The molecule has 0 aliphatic carbocycles. The van der Waals surface area contributed by atoms with Gasteiger partial charge in [0.15, 0.2) is 5.78 Å². The fraction of sp³-hybridized carbons (Fsp3) is 0.350. The highest BCUT2D eigenvalue weighted by atomic mass is 16.1. The Hall–Kier alpha value is -1.93. The molecule has 22 heavy (non-hydrogen) atoms. The maximum atomic E-state index is 12.7. The van der Waals surface area contributed by atoms with Crippen molar-refractivity contribution in [2.75, 3.05) is 19.6 Å². The number of piperidine rings is 1. The van der Waals surface area contributed by atoms with E-state index in [1.165, 1.54) is 5.56 Å². The van der Waals surface area contributed by atoms with Gasteiger partial charge < -0.3 is 4.90 Å². The summed E-state index contributed by atoms with van der Waals surface area (Å²) >= 11 is 0. The van der Waals surface area contributed by atoms with E-state index in [2.05, 4.69) is 36.1 Å². The summed E-state index contributed by atoms with van der Waals surface area (Å²) in [6.45, 7) is 5.25. The number of carbonyl (C=O) groups is 1. The van der Waals surface area contributed by atoms with Gasteiger partial charge in [0.2, 0.25) is 0 Å². The average molecular weight is 293 g/mol. The van der Waals surface area contributed by atoms with Gasteiger partial charge in [0, 0.05) is 18.0 Å². The molecule has 2 heteroatoms. The minimum Gasteiger partial charge on any atom is -0.303 e. The van der Waals surface area contributed by atoms with Crippen LogP contribution in [0.1, 0.15) is 30.1 Å². The summed E-state index contributed by atoms with van der Waals surface area (Å²) in [5.74, 6) is 0.467. The van der Waals surface area contributed by atoms with Crippen LogP contribution in [-0.2, 0) is 0 Å². The van der Waals surface area contributed by atoms with Gasteiger partial charge in [0.25, 0.3) is 0 Å². The first kappa shape index (κ1) is 15.0. The SMILES string of the molecule is CCN1CCC[C@H](C(=O)c2ccc(-c3ccccc3)cc2)C1. The first-order valence-electron chi connectivity index (χ1n) is 8.20. The molecule has 3 rings (SSSR count). The van der Waals surface area contributed by atoms with Crippen molar-refractivity contribution >= 4 is 5.78 Å². The summed E-state index contributed by atoms with van der Waals surface area (Å²) in [7, 11) is 0. The van der Waals surface area contributed by atoms with E-state index in [9.17, 15) is 4.79 Å². The Morgan fingerprint density at radius 1 is 1.05 bits per heavy atom. The van der Waals surface area contributed by atoms with Crippen molar-refractivity contribution < 1.29 is 4.79 Å². The normalized spacial score (nSPS) is 19.0. The van der Waals surface area contributed by atoms with Crippen LogP contribution >= 0.6 is 0 Å². The van der Waals surface area contributed by atoms with E-state index in [0.29, 0.717) is 5.78 Å². The van der Waals surface area contributed by atoms with Gasteiger partial charge in [0.05, 0.1) is 0 Å². The lowest BCUT2D eigenvalue weighted by Crippen LogP contribution is -2.38. The maximum absolute atomic E-state index is 12.7. The summed E-state index contributed by atoms with van der Waals surface area (Å²) in [5.41, 5.74) is 3.20. The number of carbonyl (C=O) groups excluding carboxylic acids is 1. The Balaban J connectivity index is 1.74. The third kappa shape index (κ3) is 3.28. The molecule has 0 saturated carbocycles. The summed E-state index contributed by atoms with van der Waals surface area (Å²) in [5, 5.41) is 0. The Labute approximate surface area is 132 Å². The monoisotopic (exact) mass is 293 g/mol. The average Bonchev–Trinajstić information content (AvgIpc) is 2.62. The van der Waals surface area contributed by atoms with Crippen LogP contribution in [0.15, 0.2) is 54.6 Å². The van der Waals surface area contributed by atoms with Gasteiger partial charge in [-0.2, -0.15) is 0 Å². The minimum atomic E-state index is 0.163. The van der Waals surface area contributed by atoms with E-state index in [1.807, 2.05) is 30.3 Å². The first-order chi connectivity index (χ1) is 10.8. The molecule has 0 unspecified atom stereocenters. The molecule has 0 bridgehead atoms. The van der Waals surface area contributed by atoms with Crippen molar-refractivity contribution in [3.63, 3.8) is 0 Å². The zero-order valence-corrected chi connectivity index (χ0v) is 13.2. The number of hydrogen-bond acceptors (Lipinski definition) is 2. The van der Waals surface area contributed by atoms with Gasteiger partial charge in [0.1, 0.15) is 0 Å². The van der Waals surface area contributed by atoms with Gasteiger partial charge >= 0.3 is 0 Å². The lowest BCUT2D eigenvalue weighted by molar-refractivity contribution is 0.0826. The van der Waals surface area contributed by atoms with Gasteiger partial charge in [-0.15, -0.1) is 0 Å². The zero-order valence-electron chi connectivity index (χ0n) is 13.2. The number of benzene rings is 2. The van der Waals surface area contributed by atoms with Crippen LogP contribution in [-0.4, -0.2) is 30.3 Å². The van der Waals surface area contributed by atoms with E-state index in [-0.39, 0.29) is 5.92 Å². The molecule has 2 nitrogen and oxygen atoms in total. The standard InChI is InChI=1S/C20H23NO/c1-2-21-14-6-9-19(15-21)20(22)18-12-10-17(11-13-18)16-7-4-3-5-8-16/h3-5,7-8,10-13,19H,2,6,9,14-15H2,1H3/t19-/m0/s1.